The van der Waals surface area contributed by atoms with Gasteiger partial charge in [0, 0.05) is 38.6 Å². The number of hydrogen-bond acceptors (Lipinski definition) is 5. The molecular formula is C17H27ClN4O3. The number of benzene rings is 1. The van der Waals surface area contributed by atoms with E-state index in [-0.39, 0.29) is 31.3 Å². The van der Waals surface area contributed by atoms with E-state index >= 15 is 0 Å². The van der Waals surface area contributed by atoms with E-state index in [1.54, 1.807) is 18.1 Å². The summed E-state index contributed by atoms with van der Waals surface area (Å²) in [6, 6.07) is 7.60. The molecule has 0 bridgehead atoms. The number of nitrogens with two attached hydrogens (primary N) is 1. The lowest BCUT2D eigenvalue weighted by molar-refractivity contribution is -0.120. The molecule has 2 rings (SSSR count). The van der Waals surface area contributed by atoms with Gasteiger partial charge < -0.3 is 20.7 Å². The molecule has 1 aliphatic rings. The zero-order chi connectivity index (χ0) is 17.5. The zero-order valence-electron chi connectivity index (χ0n) is 14.7. The van der Waals surface area contributed by atoms with E-state index in [9.17, 15) is 9.59 Å². The van der Waals surface area contributed by atoms with E-state index in [0.29, 0.717) is 24.0 Å². The predicted molar refractivity (Wildman–Crippen MR) is 100 cm³/mol. The highest BCUT2D eigenvalue weighted by molar-refractivity contribution is 5.96. The first-order chi connectivity index (χ1) is 11.5. The molecule has 0 unspecified atom stereocenters. The fraction of sp³-hybridized carbons (Fsp3) is 0.529. The topological polar surface area (TPSA) is 87.9 Å². The van der Waals surface area contributed by atoms with E-state index < -0.39 is 5.91 Å². The summed E-state index contributed by atoms with van der Waals surface area (Å²) in [6.07, 6.45) is 0.112. The number of nitrogens with one attached hydrogen (secondary N) is 1. The number of piperazine rings is 1. The van der Waals surface area contributed by atoms with E-state index in [4.69, 9.17) is 10.5 Å². The first-order valence-corrected chi connectivity index (χ1v) is 8.19. The molecule has 140 valence electrons. The molecule has 25 heavy (non-hydrogen) atoms. The summed E-state index contributed by atoms with van der Waals surface area (Å²) in [5.74, 6) is 0.108. The number of ether oxygens (including phenoxy) is 1. The zero-order valence-corrected chi connectivity index (χ0v) is 15.6. The molecule has 1 fully saturated rings. The lowest BCUT2D eigenvalue weighted by Crippen LogP contribution is -2.53. The molecule has 0 saturated carbocycles. The van der Waals surface area contributed by atoms with Crippen LogP contribution < -0.4 is 20.7 Å². The van der Waals surface area contributed by atoms with Gasteiger partial charge in [0.2, 0.25) is 11.8 Å². The molecule has 1 aromatic rings. The number of nitrogens with zero attached hydrogens (tertiary/aromatic N) is 2. The van der Waals surface area contributed by atoms with Crippen LogP contribution in [-0.2, 0) is 9.59 Å². The van der Waals surface area contributed by atoms with Crippen molar-refractivity contribution in [3.63, 3.8) is 0 Å². The minimum Gasteiger partial charge on any atom is -0.495 e. The second kappa shape index (κ2) is 10.2. The molecule has 0 spiro atoms. The SMILES string of the molecule is COc1ccccc1N(CCC(N)=O)C(=O)CN1CCNC[C@H]1C.Cl. The Hall–Kier alpha value is -1.83. The molecule has 1 aromatic carbocycles. The van der Waals surface area contributed by atoms with Crippen molar-refractivity contribution in [1.29, 1.82) is 0 Å². The standard InChI is InChI=1S/C17H26N4O3.ClH/c1-13-11-19-8-10-20(13)12-17(23)21(9-7-16(18)22)14-5-3-4-6-15(14)24-2;/h3-6,13,19H,7-12H2,1-2H3,(H2,18,22);1H/t13-;/m1./s1. The van der Waals surface area contributed by atoms with Crippen LogP contribution in [0, 0.1) is 0 Å². The average Bonchev–Trinajstić information content (AvgIpc) is 2.57. The van der Waals surface area contributed by atoms with Crippen LogP contribution >= 0.6 is 12.4 Å². The van der Waals surface area contributed by atoms with Crippen LogP contribution in [0.25, 0.3) is 0 Å². The maximum atomic E-state index is 12.9. The van der Waals surface area contributed by atoms with Crippen LogP contribution in [0.5, 0.6) is 5.75 Å². The Morgan fingerprint density at radius 2 is 2.12 bits per heavy atom. The van der Waals surface area contributed by atoms with E-state index in [0.717, 1.165) is 19.6 Å². The summed E-state index contributed by atoms with van der Waals surface area (Å²) in [7, 11) is 1.56. The number of rotatable bonds is 7. The van der Waals surface area contributed by atoms with Gasteiger partial charge in [-0.2, -0.15) is 0 Å². The number of carbonyl (C=O) groups excluding carboxylic acids is 2. The Morgan fingerprint density at radius 1 is 1.40 bits per heavy atom. The van der Waals surface area contributed by atoms with Crippen molar-refractivity contribution in [3.8, 4) is 5.75 Å². The van der Waals surface area contributed by atoms with Crippen LogP contribution in [0.15, 0.2) is 24.3 Å². The fourth-order valence-corrected chi connectivity index (χ4v) is 2.83. The largest absolute Gasteiger partial charge is 0.495 e. The van der Waals surface area contributed by atoms with E-state index in [1.165, 1.54) is 0 Å². The van der Waals surface area contributed by atoms with Gasteiger partial charge in [0.05, 0.1) is 19.3 Å². The average molecular weight is 371 g/mol. The van der Waals surface area contributed by atoms with Gasteiger partial charge in [-0.05, 0) is 19.1 Å². The van der Waals surface area contributed by atoms with Gasteiger partial charge in [-0.15, -0.1) is 12.4 Å². The molecule has 8 heteroatoms. The molecule has 1 heterocycles. The summed E-state index contributed by atoms with van der Waals surface area (Å²) < 4.78 is 5.36. The number of hydrogen-bond donors (Lipinski definition) is 2. The number of para-hydroxylation sites is 2. The maximum Gasteiger partial charge on any atom is 0.241 e. The molecule has 0 aliphatic carbocycles. The van der Waals surface area contributed by atoms with Crippen molar-refractivity contribution in [2.24, 2.45) is 5.73 Å². The smallest absolute Gasteiger partial charge is 0.241 e. The van der Waals surface area contributed by atoms with Crippen molar-refractivity contribution < 1.29 is 14.3 Å². The van der Waals surface area contributed by atoms with Gasteiger partial charge in [-0.3, -0.25) is 14.5 Å². The first-order valence-electron chi connectivity index (χ1n) is 8.19. The summed E-state index contributed by atoms with van der Waals surface area (Å²) >= 11 is 0. The molecule has 0 radical (unpaired) electrons. The van der Waals surface area contributed by atoms with E-state index in [1.807, 2.05) is 18.2 Å². The number of carbonyl (C=O) groups is 2. The summed E-state index contributed by atoms with van der Waals surface area (Å²) in [5.41, 5.74) is 5.93. The quantitative estimate of drug-likeness (QED) is 0.734. The Kier molecular flexibility index (Phi) is 8.68. The Morgan fingerprint density at radius 3 is 2.76 bits per heavy atom. The lowest BCUT2D eigenvalue weighted by atomic mass is 10.2. The van der Waals surface area contributed by atoms with Crippen molar-refractivity contribution >= 4 is 29.9 Å². The summed E-state index contributed by atoms with van der Waals surface area (Å²) in [4.78, 5) is 27.8. The fourth-order valence-electron chi connectivity index (χ4n) is 2.83. The van der Waals surface area contributed by atoms with Crippen molar-refractivity contribution in [1.82, 2.24) is 10.2 Å². The third-order valence-electron chi connectivity index (χ3n) is 4.24. The highest BCUT2D eigenvalue weighted by Gasteiger charge is 2.25. The maximum absolute atomic E-state index is 12.9. The molecule has 1 atom stereocenters. The molecule has 0 aromatic heterocycles. The molecular weight excluding hydrogens is 344 g/mol. The lowest BCUT2D eigenvalue weighted by Gasteiger charge is -2.35. The van der Waals surface area contributed by atoms with Gasteiger partial charge in [0.1, 0.15) is 5.75 Å². The van der Waals surface area contributed by atoms with E-state index in [2.05, 4.69) is 17.1 Å². The minimum absolute atomic E-state index is 0. The Balaban J connectivity index is 0.00000312. The van der Waals surface area contributed by atoms with Gasteiger partial charge in [0.15, 0.2) is 0 Å². The molecule has 2 amide bonds. The number of primary amides is 1. The van der Waals surface area contributed by atoms with Crippen LogP contribution in [0.2, 0.25) is 0 Å². The van der Waals surface area contributed by atoms with Gasteiger partial charge in [-0.1, -0.05) is 12.1 Å². The monoisotopic (exact) mass is 370 g/mol. The highest BCUT2D eigenvalue weighted by Crippen LogP contribution is 2.28. The number of anilines is 1. The van der Waals surface area contributed by atoms with Crippen molar-refractivity contribution in [2.45, 2.75) is 19.4 Å². The van der Waals surface area contributed by atoms with Gasteiger partial charge >= 0.3 is 0 Å². The first kappa shape index (κ1) is 21.2. The third-order valence-corrected chi connectivity index (χ3v) is 4.24. The van der Waals surface area contributed by atoms with Gasteiger partial charge in [0.25, 0.3) is 0 Å². The highest BCUT2D eigenvalue weighted by atomic mass is 35.5. The van der Waals surface area contributed by atoms with Gasteiger partial charge in [-0.25, -0.2) is 0 Å². The number of halogens is 1. The van der Waals surface area contributed by atoms with Crippen molar-refractivity contribution in [3.05, 3.63) is 24.3 Å². The minimum atomic E-state index is -0.432. The molecule has 1 aliphatic heterocycles. The summed E-state index contributed by atoms with van der Waals surface area (Å²) in [5, 5.41) is 3.31. The van der Waals surface area contributed by atoms with Crippen LogP contribution in [0.1, 0.15) is 13.3 Å². The second-order valence-electron chi connectivity index (χ2n) is 5.96. The van der Waals surface area contributed by atoms with Crippen LogP contribution in [-0.4, -0.2) is 62.6 Å². The molecule has 1 saturated heterocycles. The number of amides is 2. The van der Waals surface area contributed by atoms with Crippen LogP contribution in [0.3, 0.4) is 0 Å². The third kappa shape index (κ3) is 5.88. The normalized spacial score (nSPS) is 17.4. The predicted octanol–water partition coefficient (Wildman–Crippen LogP) is 0.619. The van der Waals surface area contributed by atoms with Crippen molar-refractivity contribution in [2.75, 3.05) is 44.7 Å². The Labute approximate surface area is 154 Å². The molecule has 7 nitrogen and oxygen atoms in total. The summed E-state index contributed by atoms with van der Waals surface area (Å²) in [6.45, 7) is 5.20. The molecule has 3 N–H and O–H groups in total. The Bertz CT molecular complexity index is 585. The second-order valence-corrected chi connectivity index (χ2v) is 5.96. The van der Waals surface area contributed by atoms with Crippen LogP contribution in [0.4, 0.5) is 5.69 Å². The number of methoxy groups -OCH3 is 1.